The number of nitrogens with two attached hydrogens (primary N) is 1. The van der Waals surface area contributed by atoms with Gasteiger partial charge in [0.2, 0.25) is 17.7 Å². The molecule has 160 valence electrons. The van der Waals surface area contributed by atoms with Gasteiger partial charge in [0.05, 0.1) is 23.8 Å². The molecular weight excluding hydrogens is 404 g/mol. The first kappa shape index (κ1) is 21.0. The van der Waals surface area contributed by atoms with E-state index in [0.29, 0.717) is 22.9 Å². The molecule has 0 unspecified atom stereocenters. The van der Waals surface area contributed by atoms with Crippen molar-refractivity contribution in [1.29, 1.82) is 0 Å². The zero-order valence-corrected chi connectivity index (χ0v) is 17.8. The fourth-order valence-corrected chi connectivity index (χ4v) is 3.54. The van der Waals surface area contributed by atoms with Crippen molar-refractivity contribution >= 4 is 28.4 Å². The van der Waals surface area contributed by atoms with Crippen LogP contribution in [-0.2, 0) is 11.2 Å². The number of benzene rings is 2. The maximum Gasteiger partial charge on any atom is 0.248 e. The van der Waals surface area contributed by atoms with E-state index in [0.717, 1.165) is 27.7 Å². The number of carbonyl (C=O) groups is 2. The lowest BCUT2D eigenvalue weighted by molar-refractivity contribution is -0.115. The summed E-state index contributed by atoms with van der Waals surface area (Å²) in [6, 6.07) is 17.8. The second kappa shape index (κ2) is 8.85. The molecule has 2 heterocycles. The smallest absolute Gasteiger partial charge is 0.248 e. The van der Waals surface area contributed by atoms with Crippen LogP contribution in [0.3, 0.4) is 0 Å². The van der Waals surface area contributed by atoms with Crippen LogP contribution < -0.4 is 15.8 Å². The summed E-state index contributed by atoms with van der Waals surface area (Å²) in [4.78, 5) is 32.8. The van der Waals surface area contributed by atoms with Crippen LogP contribution in [0.15, 0.2) is 66.9 Å². The first-order chi connectivity index (χ1) is 15.4. The van der Waals surface area contributed by atoms with Gasteiger partial charge in [0, 0.05) is 22.7 Å². The Labute approximate surface area is 185 Å². The van der Waals surface area contributed by atoms with E-state index >= 15 is 0 Å². The molecule has 0 fully saturated rings. The Hall–Kier alpha value is -4.26. The first-order valence-corrected chi connectivity index (χ1v) is 10.1. The predicted molar refractivity (Wildman–Crippen MR) is 123 cm³/mol. The van der Waals surface area contributed by atoms with Gasteiger partial charge in [0.25, 0.3) is 0 Å². The van der Waals surface area contributed by atoms with E-state index in [1.54, 1.807) is 36.4 Å². The Kier molecular flexibility index (Phi) is 5.81. The van der Waals surface area contributed by atoms with E-state index < -0.39 is 5.91 Å². The molecule has 0 aliphatic rings. The molecule has 0 atom stereocenters. The number of hydrogen-bond donors (Lipinski definition) is 2. The summed E-state index contributed by atoms with van der Waals surface area (Å²) in [7, 11) is 0. The van der Waals surface area contributed by atoms with Crippen LogP contribution in [0.1, 0.15) is 27.2 Å². The van der Waals surface area contributed by atoms with Crippen molar-refractivity contribution in [2.75, 3.05) is 5.32 Å². The number of aromatic nitrogens is 2. The van der Waals surface area contributed by atoms with Gasteiger partial charge in [-0.05, 0) is 55.3 Å². The van der Waals surface area contributed by atoms with Gasteiger partial charge in [-0.1, -0.05) is 24.3 Å². The molecule has 0 saturated carbocycles. The normalized spacial score (nSPS) is 10.7. The fourth-order valence-electron chi connectivity index (χ4n) is 3.54. The van der Waals surface area contributed by atoms with E-state index in [1.165, 1.54) is 6.20 Å². The molecule has 2 aromatic heterocycles. The van der Waals surface area contributed by atoms with Crippen molar-refractivity contribution in [2.24, 2.45) is 5.73 Å². The molecule has 0 saturated heterocycles. The number of amides is 2. The van der Waals surface area contributed by atoms with Gasteiger partial charge in [0.1, 0.15) is 5.75 Å². The zero-order valence-electron chi connectivity index (χ0n) is 17.8. The summed E-state index contributed by atoms with van der Waals surface area (Å²) in [5.41, 5.74) is 9.94. The molecule has 3 N–H and O–H groups in total. The highest BCUT2D eigenvalue weighted by molar-refractivity contribution is 5.94. The zero-order chi connectivity index (χ0) is 22.7. The molecule has 7 heteroatoms. The predicted octanol–water partition coefficient (Wildman–Crippen LogP) is 4.32. The van der Waals surface area contributed by atoms with Gasteiger partial charge in [-0.25, -0.2) is 4.98 Å². The SMILES string of the molecule is Cc1nc2ccccc2c(C)c1CC(=O)Nc1ccc(Oc2cccc(C(N)=O)c2)nc1. The topological polar surface area (TPSA) is 107 Å². The number of nitrogens with one attached hydrogen (secondary N) is 1. The molecule has 2 amide bonds. The quantitative estimate of drug-likeness (QED) is 0.477. The maximum absolute atomic E-state index is 12.7. The monoisotopic (exact) mass is 426 g/mol. The molecule has 0 radical (unpaired) electrons. The van der Waals surface area contributed by atoms with Crippen molar-refractivity contribution in [1.82, 2.24) is 9.97 Å². The van der Waals surface area contributed by atoms with Crippen molar-refractivity contribution in [2.45, 2.75) is 20.3 Å². The summed E-state index contributed by atoms with van der Waals surface area (Å²) in [6.07, 6.45) is 1.73. The van der Waals surface area contributed by atoms with Crippen LogP contribution in [-0.4, -0.2) is 21.8 Å². The highest BCUT2D eigenvalue weighted by atomic mass is 16.5. The van der Waals surface area contributed by atoms with Gasteiger partial charge < -0.3 is 15.8 Å². The Balaban J connectivity index is 1.44. The minimum atomic E-state index is -0.534. The first-order valence-electron chi connectivity index (χ1n) is 10.1. The number of fused-ring (bicyclic) bond motifs is 1. The second-order valence-corrected chi connectivity index (χ2v) is 7.42. The summed E-state index contributed by atoms with van der Waals surface area (Å²) < 4.78 is 5.66. The summed E-state index contributed by atoms with van der Waals surface area (Å²) >= 11 is 0. The number of hydrogen-bond acceptors (Lipinski definition) is 5. The summed E-state index contributed by atoms with van der Waals surface area (Å²) in [5.74, 6) is 0.0850. The number of rotatable bonds is 6. The number of carbonyl (C=O) groups excluding carboxylic acids is 2. The third-order valence-electron chi connectivity index (χ3n) is 5.18. The van der Waals surface area contributed by atoms with Crippen LogP contribution in [0.4, 0.5) is 5.69 Å². The number of nitrogens with zero attached hydrogens (tertiary/aromatic N) is 2. The molecular formula is C25H22N4O3. The van der Waals surface area contributed by atoms with E-state index in [1.807, 2.05) is 38.1 Å². The number of anilines is 1. The lowest BCUT2D eigenvalue weighted by Gasteiger charge is -2.13. The molecule has 0 aliphatic heterocycles. The van der Waals surface area contributed by atoms with E-state index in [-0.39, 0.29) is 12.3 Å². The lowest BCUT2D eigenvalue weighted by atomic mass is 9.99. The second-order valence-electron chi connectivity index (χ2n) is 7.42. The minimum absolute atomic E-state index is 0.155. The van der Waals surface area contributed by atoms with Crippen molar-refractivity contribution in [3.8, 4) is 11.6 Å². The van der Waals surface area contributed by atoms with Crippen molar-refractivity contribution in [3.05, 3.63) is 89.2 Å². The molecule has 0 bridgehead atoms. The summed E-state index contributed by atoms with van der Waals surface area (Å²) in [6.45, 7) is 3.93. The highest BCUT2D eigenvalue weighted by Gasteiger charge is 2.13. The molecule has 32 heavy (non-hydrogen) atoms. The fraction of sp³-hybridized carbons (Fsp3) is 0.120. The lowest BCUT2D eigenvalue weighted by Crippen LogP contribution is -2.16. The average molecular weight is 426 g/mol. The van der Waals surface area contributed by atoms with Gasteiger partial charge in [-0.3, -0.25) is 14.6 Å². The average Bonchev–Trinajstić information content (AvgIpc) is 2.78. The van der Waals surface area contributed by atoms with Crippen molar-refractivity contribution < 1.29 is 14.3 Å². The van der Waals surface area contributed by atoms with Gasteiger partial charge in [-0.15, -0.1) is 0 Å². The largest absolute Gasteiger partial charge is 0.439 e. The van der Waals surface area contributed by atoms with Gasteiger partial charge in [0.15, 0.2) is 0 Å². The van der Waals surface area contributed by atoms with Crippen LogP contribution >= 0.6 is 0 Å². The number of para-hydroxylation sites is 1. The number of pyridine rings is 2. The maximum atomic E-state index is 12.7. The Morgan fingerprint density at radius 2 is 1.84 bits per heavy atom. The van der Waals surface area contributed by atoms with Crippen molar-refractivity contribution in [3.63, 3.8) is 0 Å². The third kappa shape index (κ3) is 4.57. The van der Waals surface area contributed by atoms with Gasteiger partial charge in [-0.2, -0.15) is 0 Å². The Bertz CT molecular complexity index is 1320. The number of aryl methyl sites for hydroxylation is 2. The van der Waals surface area contributed by atoms with Crippen LogP contribution in [0.5, 0.6) is 11.6 Å². The van der Waals surface area contributed by atoms with Gasteiger partial charge >= 0.3 is 0 Å². The van der Waals surface area contributed by atoms with Crippen LogP contribution in [0, 0.1) is 13.8 Å². The molecule has 4 aromatic rings. The molecule has 4 rings (SSSR count). The highest BCUT2D eigenvalue weighted by Crippen LogP contribution is 2.24. The third-order valence-corrected chi connectivity index (χ3v) is 5.18. The van der Waals surface area contributed by atoms with Crippen LogP contribution in [0.2, 0.25) is 0 Å². The van der Waals surface area contributed by atoms with E-state index in [9.17, 15) is 9.59 Å². The molecule has 7 nitrogen and oxygen atoms in total. The standard InChI is InChI=1S/C25H22N4O3/c1-15-20-8-3-4-9-22(20)28-16(2)21(15)13-23(30)29-18-10-11-24(27-14-18)32-19-7-5-6-17(12-19)25(26)31/h3-12,14H,13H2,1-2H3,(H2,26,31)(H,29,30). The Morgan fingerprint density at radius 3 is 2.59 bits per heavy atom. The molecule has 2 aromatic carbocycles. The van der Waals surface area contributed by atoms with E-state index in [4.69, 9.17) is 10.5 Å². The minimum Gasteiger partial charge on any atom is -0.439 e. The molecule has 0 spiro atoms. The Morgan fingerprint density at radius 1 is 1.03 bits per heavy atom. The molecule has 0 aliphatic carbocycles. The number of primary amides is 1. The van der Waals surface area contributed by atoms with Crippen LogP contribution in [0.25, 0.3) is 10.9 Å². The summed E-state index contributed by atoms with van der Waals surface area (Å²) in [5, 5.41) is 3.91. The number of ether oxygens (including phenoxy) is 1. The van der Waals surface area contributed by atoms with E-state index in [2.05, 4.69) is 15.3 Å².